The Morgan fingerprint density at radius 2 is 1.53 bits per heavy atom. The molecule has 2 aromatic carbocycles. The SMILES string of the molecule is CC(C)C(CO)NCc1ccc(C#Cc2ccc(C(=O)N[C@@H](CN)C(=O)CO)cc2)cc1. The van der Waals surface area contributed by atoms with Crippen LogP contribution >= 0.6 is 0 Å². The highest BCUT2D eigenvalue weighted by Crippen LogP contribution is 2.08. The minimum atomic E-state index is -0.912. The molecule has 0 fully saturated rings. The number of carbonyl (C=O) groups excluding carboxylic acids is 2. The second-order valence-corrected chi connectivity index (χ2v) is 7.82. The zero-order chi connectivity index (χ0) is 23.5. The monoisotopic (exact) mass is 437 g/mol. The zero-order valence-electron chi connectivity index (χ0n) is 18.5. The molecule has 0 spiro atoms. The molecule has 7 heteroatoms. The predicted molar refractivity (Wildman–Crippen MR) is 124 cm³/mol. The van der Waals surface area contributed by atoms with E-state index in [1.54, 1.807) is 24.3 Å². The van der Waals surface area contributed by atoms with Crippen molar-refractivity contribution in [2.45, 2.75) is 32.5 Å². The van der Waals surface area contributed by atoms with E-state index in [1.807, 2.05) is 24.3 Å². The fourth-order valence-corrected chi connectivity index (χ4v) is 2.94. The normalized spacial score (nSPS) is 12.6. The van der Waals surface area contributed by atoms with Gasteiger partial charge in [0.25, 0.3) is 5.91 Å². The molecule has 170 valence electrons. The van der Waals surface area contributed by atoms with Crippen LogP contribution in [0, 0.1) is 17.8 Å². The summed E-state index contributed by atoms with van der Waals surface area (Å²) in [7, 11) is 0. The van der Waals surface area contributed by atoms with Crippen molar-refractivity contribution < 1.29 is 19.8 Å². The number of amides is 1. The molecule has 7 nitrogen and oxygen atoms in total. The number of aliphatic hydroxyl groups is 2. The van der Waals surface area contributed by atoms with Gasteiger partial charge in [-0.05, 0) is 47.9 Å². The van der Waals surface area contributed by atoms with E-state index >= 15 is 0 Å². The maximum atomic E-state index is 12.3. The highest BCUT2D eigenvalue weighted by molar-refractivity contribution is 5.98. The highest BCUT2D eigenvalue weighted by Gasteiger charge is 2.18. The van der Waals surface area contributed by atoms with E-state index < -0.39 is 24.3 Å². The maximum absolute atomic E-state index is 12.3. The Morgan fingerprint density at radius 1 is 0.969 bits per heavy atom. The molecule has 0 saturated carbocycles. The van der Waals surface area contributed by atoms with Crippen molar-refractivity contribution in [3.05, 3.63) is 70.8 Å². The average Bonchev–Trinajstić information content (AvgIpc) is 2.81. The summed E-state index contributed by atoms with van der Waals surface area (Å²) in [4.78, 5) is 23.8. The third kappa shape index (κ3) is 7.59. The Bertz CT molecular complexity index is 944. The van der Waals surface area contributed by atoms with Crippen molar-refractivity contribution in [3.63, 3.8) is 0 Å². The van der Waals surface area contributed by atoms with Gasteiger partial charge in [-0.25, -0.2) is 0 Å². The molecular formula is C25H31N3O4. The van der Waals surface area contributed by atoms with E-state index in [0.29, 0.717) is 18.0 Å². The summed E-state index contributed by atoms with van der Waals surface area (Å²) in [5, 5.41) is 24.2. The summed E-state index contributed by atoms with van der Waals surface area (Å²) in [6.07, 6.45) is 0. The molecule has 0 aliphatic carbocycles. The second kappa shape index (κ2) is 12.7. The van der Waals surface area contributed by atoms with Crippen molar-refractivity contribution in [1.82, 2.24) is 10.6 Å². The predicted octanol–water partition coefficient (Wildman–Crippen LogP) is 0.811. The summed E-state index contributed by atoms with van der Waals surface area (Å²) in [5.74, 6) is 5.54. The van der Waals surface area contributed by atoms with Crippen molar-refractivity contribution in [2.75, 3.05) is 19.8 Å². The van der Waals surface area contributed by atoms with Gasteiger partial charge in [-0.2, -0.15) is 0 Å². The molecule has 0 bridgehead atoms. The van der Waals surface area contributed by atoms with Gasteiger partial charge in [0, 0.05) is 35.8 Å². The maximum Gasteiger partial charge on any atom is 0.251 e. The molecule has 6 N–H and O–H groups in total. The number of rotatable bonds is 10. The quantitative estimate of drug-likeness (QED) is 0.351. The van der Waals surface area contributed by atoms with E-state index in [1.165, 1.54) is 0 Å². The van der Waals surface area contributed by atoms with Crippen LogP contribution in [0.4, 0.5) is 0 Å². The fraction of sp³-hybridized carbons (Fsp3) is 0.360. The van der Waals surface area contributed by atoms with Gasteiger partial charge in [0.2, 0.25) is 0 Å². The van der Waals surface area contributed by atoms with Gasteiger partial charge in [0.05, 0.1) is 6.61 Å². The molecule has 0 saturated heterocycles. The Labute approximate surface area is 189 Å². The smallest absolute Gasteiger partial charge is 0.251 e. The number of Topliss-reactive ketones (excluding diaryl/α,β-unsaturated/α-hetero) is 1. The molecule has 0 radical (unpaired) electrons. The van der Waals surface area contributed by atoms with E-state index in [0.717, 1.165) is 16.7 Å². The molecule has 2 atom stereocenters. The molecule has 0 aliphatic rings. The first kappa shape index (κ1) is 25.2. The molecule has 32 heavy (non-hydrogen) atoms. The minimum Gasteiger partial charge on any atom is -0.395 e. The molecule has 2 aromatic rings. The summed E-state index contributed by atoms with van der Waals surface area (Å²) in [6.45, 7) is 4.17. The van der Waals surface area contributed by atoms with Gasteiger partial charge in [0.1, 0.15) is 12.6 Å². The van der Waals surface area contributed by atoms with E-state index in [4.69, 9.17) is 10.8 Å². The lowest BCUT2D eigenvalue weighted by Crippen LogP contribution is -2.46. The number of carbonyl (C=O) groups is 2. The summed E-state index contributed by atoms with van der Waals surface area (Å²) in [6, 6.07) is 13.7. The van der Waals surface area contributed by atoms with E-state index in [-0.39, 0.29) is 19.2 Å². The zero-order valence-corrected chi connectivity index (χ0v) is 18.5. The van der Waals surface area contributed by atoms with Gasteiger partial charge in [-0.1, -0.05) is 37.8 Å². The molecule has 0 aliphatic heterocycles. The summed E-state index contributed by atoms with van der Waals surface area (Å²) >= 11 is 0. The number of ketones is 1. The van der Waals surface area contributed by atoms with Crippen LogP contribution in [-0.4, -0.2) is 53.7 Å². The number of nitrogens with one attached hydrogen (secondary N) is 2. The van der Waals surface area contributed by atoms with Gasteiger partial charge < -0.3 is 26.6 Å². The van der Waals surface area contributed by atoms with Crippen molar-refractivity contribution in [3.8, 4) is 11.8 Å². The average molecular weight is 438 g/mol. The molecule has 2 rings (SSSR count). The van der Waals surface area contributed by atoms with Crippen LogP contribution in [0.1, 0.15) is 40.9 Å². The van der Waals surface area contributed by atoms with Crippen molar-refractivity contribution in [1.29, 1.82) is 0 Å². The Hall–Kier alpha value is -3.02. The minimum absolute atomic E-state index is 0.0656. The number of benzene rings is 2. The van der Waals surface area contributed by atoms with E-state index in [2.05, 4.69) is 36.3 Å². The van der Waals surface area contributed by atoms with Crippen LogP contribution in [0.25, 0.3) is 0 Å². The van der Waals surface area contributed by atoms with Crippen LogP contribution in [0.15, 0.2) is 48.5 Å². The molecule has 1 unspecified atom stereocenters. The Morgan fingerprint density at radius 3 is 2.00 bits per heavy atom. The topological polar surface area (TPSA) is 125 Å². The summed E-state index contributed by atoms with van der Waals surface area (Å²) in [5.41, 5.74) is 8.57. The van der Waals surface area contributed by atoms with Crippen molar-refractivity contribution in [2.24, 2.45) is 11.7 Å². The third-order valence-corrected chi connectivity index (χ3v) is 5.11. The van der Waals surface area contributed by atoms with E-state index in [9.17, 15) is 14.7 Å². The first-order chi connectivity index (χ1) is 15.4. The first-order valence-corrected chi connectivity index (χ1v) is 10.6. The van der Waals surface area contributed by atoms with Gasteiger partial charge in [-0.3, -0.25) is 9.59 Å². The van der Waals surface area contributed by atoms with Crippen LogP contribution in [0.5, 0.6) is 0 Å². The number of hydrogen-bond acceptors (Lipinski definition) is 6. The van der Waals surface area contributed by atoms with Crippen molar-refractivity contribution >= 4 is 11.7 Å². The lowest BCUT2D eigenvalue weighted by Gasteiger charge is -2.19. The van der Waals surface area contributed by atoms with Crippen LogP contribution < -0.4 is 16.4 Å². The molecular weight excluding hydrogens is 406 g/mol. The molecule has 1 amide bonds. The van der Waals surface area contributed by atoms with Gasteiger partial charge in [0.15, 0.2) is 5.78 Å². The van der Waals surface area contributed by atoms with Gasteiger partial charge >= 0.3 is 0 Å². The number of nitrogens with two attached hydrogens (primary N) is 1. The Balaban J connectivity index is 1.96. The first-order valence-electron chi connectivity index (χ1n) is 10.6. The standard InChI is InChI=1S/C25H31N3O4/c1-17(2)23(15-29)27-14-20-7-5-18(6-8-20)3-4-19-9-11-21(12-10-19)25(32)28-22(13-26)24(31)16-30/h5-12,17,22-23,27,29-30H,13-16,26H2,1-2H3,(H,28,32)/t22-,23?/m0/s1. The number of aliphatic hydroxyl groups excluding tert-OH is 2. The lowest BCUT2D eigenvalue weighted by molar-refractivity contribution is -0.123. The molecule has 0 aromatic heterocycles. The van der Waals surface area contributed by atoms with Gasteiger partial charge in [-0.15, -0.1) is 0 Å². The fourth-order valence-electron chi connectivity index (χ4n) is 2.94. The Kier molecular flexibility index (Phi) is 10.1. The molecule has 0 heterocycles. The highest BCUT2D eigenvalue weighted by atomic mass is 16.3. The number of hydrogen-bond donors (Lipinski definition) is 5. The van der Waals surface area contributed by atoms with Crippen LogP contribution in [0.3, 0.4) is 0 Å². The summed E-state index contributed by atoms with van der Waals surface area (Å²) < 4.78 is 0. The van der Waals surface area contributed by atoms with Crippen LogP contribution in [-0.2, 0) is 11.3 Å². The largest absolute Gasteiger partial charge is 0.395 e. The van der Waals surface area contributed by atoms with Crippen LogP contribution in [0.2, 0.25) is 0 Å². The lowest BCUT2D eigenvalue weighted by atomic mass is 10.0. The third-order valence-electron chi connectivity index (χ3n) is 5.11. The second-order valence-electron chi connectivity index (χ2n) is 7.82.